The summed E-state index contributed by atoms with van der Waals surface area (Å²) < 4.78 is 11.1. The van der Waals surface area contributed by atoms with Crippen molar-refractivity contribution in [3.05, 3.63) is 0 Å². The summed E-state index contributed by atoms with van der Waals surface area (Å²) in [4.78, 5) is 0. The quantitative estimate of drug-likeness (QED) is 0.569. The predicted molar refractivity (Wildman–Crippen MR) is 42.0 cm³/mol. The molecule has 1 rings (SSSR count). The second-order valence-electron chi connectivity index (χ2n) is 2.98. The second-order valence-corrected chi connectivity index (χ2v) is 5.02. The van der Waals surface area contributed by atoms with Crippen molar-refractivity contribution in [2.24, 2.45) is 0 Å². The maximum Gasteiger partial charge on any atom is 0.674 e. The lowest BCUT2D eigenvalue weighted by molar-refractivity contribution is 0.143. The van der Waals surface area contributed by atoms with Crippen molar-refractivity contribution in [3.8, 4) is 0 Å². The molecule has 0 atom stereocenters. The molecule has 0 bridgehead atoms. The van der Waals surface area contributed by atoms with Gasteiger partial charge in [-0.2, -0.15) is 0 Å². The molecule has 0 amide bonds. The number of hydrogen-bond acceptors (Lipinski definition) is 2. The van der Waals surface area contributed by atoms with Gasteiger partial charge in [-0.3, -0.25) is 0 Å². The lowest BCUT2D eigenvalue weighted by Crippen LogP contribution is -2.29. The molecule has 2 nitrogen and oxygen atoms in total. The molecule has 1 heterocycles. The van der Waals surface area contributed by atoms with Crippen LogP contribution in [-0.2, 0) is 7.58 Å². The van der Waals surface area contributed by atoms with Gasteiger partial charge in [0.15, 0.2) is 0 Å². The van der Waals surface area contributed by atoms with Crippen LogP contribution in [0.15, 0.2) is 0 Å². The molecule has 1 aliphatic rings. The summed E-state index contributed by atoms with van der Waals surface area (Å²) in [5, 5.41) is 1.21. The third kappa shape index (κ3) is 3.03. The fraction of sp³-hybridized carbons (Fsp3) is 1.00. The maximum atomic E-state index is 5.61. The van der Waals surface area contributed by atoms with Crippen molar-refractivity contribution in [1.82, 2.24) is 0 Å². The molecule has 0 unspecified atom stereocenters. The Morgan fingerprint density at radius 2 is 2.20 bits per heavy atom. The minimum atomic E-state index is -1.18. The fourth-order valence-corrected chi connectivity index (χ4v) is 3.16. The molecule has 3 heteroatoms. The van der Waals surface area contributed by atoms with E-state index in [1.165, 1.54) is 18.1 Å². The summed E-state index contributed by atoms with van der Waals surface area (Å²) in [6.07, 6.45) is 2.89. The summed E-state index contributed by atoms with van der Waals surface area (Å²) in [5.41, 5.74) is 0. The van der Waals surface area contributed by atoms with E-state index in [1.54, 1.807) is 0 Å². The summed E-state index contributed by atoms with van der Waals surface area (Å²) >= 11 is -1.18. The van der Waals surface area contributed by atoms with Crippen LogP contribution < -0.4 is 0 Å². The molecule has 0 aliphatic carbocycles. The molecular formula is C7H15AlO2. The molecule has 1 saturated heterocycles. The van der Waals surface area contributed by atoms with E-state index >= 15 is 0 Å². The number of hydrogen-bond donors (Lipinski definition) is 0. The van der Waals surface area contributed by atoms with Gasteiger partial charge >= 0.3 is 14.8 Å². The van der Waals surface area contributed by atoms with Gasteiger partial charge in [0, 0.05) is 12.7 Å². The highest BCUT2D eigenvalue weighted by Crippen LogP contribution is 2.12. The van der Waals surface area contributed by atoms with Gasteiger partial charge in [-0.25, -0.2) is 0 Å². The average molecular weight is 158 g/mol. The summed E-state index contributed by atoms with van der Waals surface area (Å²) in [6.45, 7) is 5.08. The topological polar surface area (TPSA) is 18.5 Å². The first-order valence-electron chi connectivity index (χ1n) is 4.06. The molecule has 1 fully saturated rings. The molecule has 0 saturated carbocycles. The van der Waals surface area contributed by atoms with Crippen molar-refractivity contribution in [2.45, 2.75) is 38.1 Å². The maximum absolute atomic E-state index is 5.61. The van der Waals surface area contributed by atoms with E-state index in [1.807, 2.05) is 0 Å². The standard InChI is InChI=1S/C4H8O.C3H7O.Al/c1-2-3-4-5;1-3(2)4;/h1-4H2;3H,1-2H3;/q2*-1;+2. The van der Waals surface area contributed by atoms with E-state index in [4.69, 9.17) is 7.58 Å². The highest BCUT2D eigenvalue weighted by Gasteiger charge is 2.28. The monoisotopic (exact) mass is 158 g/mol. The molecule has 0 aromatic rings. The molecule has 0 aromatic carbocycles. The van der Waals surface area contributed by atoms with E-state index in [2.05, 4.69) is 13.8 Å². The SMILES string of the molecule is CC(C)[O][Al]1[CH2]CCC[O]1. The van der Waals surface area contributed by atoms with Gasteiger partial charge in [-0.15, -0.1) is 0 Å². The first kappa shape index (κ1) is 8.55. The van der Waals surface area contributed by atoms with Crippen LogP contribution in [0, 0.1) is 0 Å². The predicted octanol–water partition coefficient (Wildman–Crippen LogP) is 1.71. The van der Waals surface area contributed by atoms with Crippen LogP contribution in [0.3, 0.4) is 0 Å². The highest BCUT2D eigenvalue weighted by molar-refractivity contribution is 6.44. The minimum absolute atomic E-state index is 0.356. The molecule has 0 spiro atoms. The lowest BCUT2D eigenvalue weighted by atomic mass is 10.4. The van der Waals surface area contributed by atoms with Gasteiger partial charge in [0.25, 0.3) is 0 Å². The normalized spacial score (nSPS) is 20.1. The highest BCUT2D eigenvalue weighted by atomic mass is 27.2. The van der Waals surface area contributed by atoms with Crippen LogP contribution in [-0.4, -0.2) is 27.5 Å². The van der Waals surface area contributed by atoms with E-state index in [0.717, 1.165) is 6.61 Å². The third-order valence-corrected chi connectivity index (χ3v) is 3.90. The zero-order valence-corrected chi connectivity index (χ0v) is 7.95. The van der Waals surface area contributed by atoms with Crippen molar-refractivity contribution in [1.29, 1.82) is 0 Å². The average Bonchev–Trinajstić information content (AvgIpc) is 1.88. The summed E-state index contributed by atoms with van der Waals surface area (Å²) in [6, 6.07) is 0. The van der Waals surface area contributed by atoms with Gasteiger partial charge in [-0.1, -0.05) is 6.42 Å². The Kier molecular flexibility index (Phi) is 3.72. The third-order valence-electron chi connectivity index (χ3n) is 1.56. The van der Waals surface area contributed by atoms with Crippen molar-refractivity contribution in [2.75, 3.05) is 6.61 Å². The Labute approximate surface area is 67.6 Å². The van der Waals surface area contributed by atoms with Crippen molar-refractivity contribution >= 4 is 14.8 Å². The van der Waals surface area contributed by atoms with Crippen LogP contribution >= 0.6 is 0 Å². The Bertz CT molecular complexity index is 89.6. The summed E-state index contributed by atoms with van der Waals surface area (Å²) in [7, 11) is 0. The van der Waals surface area contributed by atoms with Gasteiger partial charge in [0.1, 0.15) is 0 Å². The van der Waals surface area contributed by atoms with Gasteiger partial charge in [-0.05, 0) is 25.6 Å². The molecule has 10 heavy (non-hydrogen) atoms. The molecule has 0 N–H and O–H groups in total. The van der Waals surface area contributed by atoms with E-state index in [-0.39, 0.29) is 0 Å². The summed E-state index contributed by atoms with van der Waals surface area (Å²) in [5.74, 6) is 0. The fourth-order valence-electron chi connectivity index (χ4n) is 1.12. The van der Waals surface area contributed by atoms with Gasteiger partial charge in [0.05, 0.1) is 0 Å². The van der Waals surface area contributed by atoms with Gasteiger partial charge < -0.3 is 7.58 Å². The zero-order chi connectivity index (χ0) is 7.40. The van der Waals surface area contributed by atoms with Crippen LogP contribution in [0.1, 0.15) is 26.7 Å². The molecule has 58 valence electrons. The molecule has 0 radical (unpaired) electrons. The van der Waals surface area contributed by atoms with Crippen LogP contribution in [0.2, 0.25) is 5.28 Å². The largest absolute Gasteiger partial charge is 0.674 e. The van der Waals surface area contributed by atoms with Crippen molar-refractivity contribution in [3.63, 3.8) is 0 Å². The molecular weight excluding hydrogens is 143 g/mol. The minimum Gasteiger partial charge on any atom is -0.478 e. The number of rotatable bonds is 2. The first-order chi connectivity index (χ1) is 4.79. The Morgan fingerprint density at radius 1 is 1.40 bits per heavy atom. The van der Waals surface area contributed by atoms with Crippen molar-refractivity contribution < 1.29 is 7.58 Å². The van der Waals surface area contributed by atoms with Gasteiger partial charge in [0.2, 0.25) is 0 Å². The van der Waals surface area contributed by atoms with E-state index < -0.39 is 14.8 Å². The Morgan fingerprint density at radius 3 is 2.70 bits per heavy atom. The van der Waals surface area contributed by atoms with E-state index in [0.29, 0.717) is 6.10 Å². The van der Waals surface area contributed by atoms with E-state index in [9.17, 15) is 0 Å². The lowest BCUT2D eigenvalue weighted by Gasteiger charge is -2.19. The molecule has 1 aliphatic heterocycles. The Balaban J connectivity index is 2.13. The van der Waals surface area contributed by atoms with Crippen LogP contribution in [0.25, 0.3) is 0 Å². The first-order valence-corrected chi connectivity index (χ1v) is 5.82. The zero-order valence-electron chi connectivity index (χ0n) is 6.80. The molecule has 0 aromatic heterocycles. The van der Waals surface area contributed by atoms with Crippen LogP contribution in [0.4, 0.5) is 0 Å². The smallest absolute Gasteiger partial charge is 0.478 e. The second kappa shape index (κ2) is 4.36. The van der Waals surface area contributed by atoms with Crippen LogP contribution in [0.5, 0.6) is 0 Å². The Hall–Kier alpha value is 0.452.